The van der Waals surface area contributed by atoms with Crippen LogP contribution in [0.5, 0.6) is 5.75 Å². The Hall–Kier alpha value is -1.07. The van der Waals surface area contributed by atoms with Crippen LogP contribution in [0.2, 0.25) is 0 Å². The van der Waals surface area contributed by atoms with Crippen LogP contribution in [0, 0.1) is 6.92 Å². The molecule has 0 aliphatic rings. The summed E-state index contributed by atoms with van der Waals surface area (Å²) in [6.45, 7) is 5.65. The van der Waals surface area contributed by atoms with Gasteiger partial charge in [0.15, 0.2) is 0 Å². The Labute approximate surface area is 103 Å². The van der Waals surface area contributed by atoms with Crippen LogP contribution in [0.3, 0.4) is 0 Å². The molecular weight excluding hydrogens is 238 g/mol. The van der Waals surface area contributed by atoms with Gasteiger partial charge in [-0.25, -0.2) is 13.1 Å². The summed E-state index contributed by atoms with van der Waals surface area (Å²) in [5, 5.41) is 0. The molecule has 0 aromatic heterocycles. The Kier molecular flexibility index (Phi) is 4.54. The van der Waals surface area contributed by atoms with Crippen LogP contribution in [0.1, 0.15) is 25.8 Å². The summed E-state index contributed by atoms with van der Waals surface area (Å²) < 4.78 is 31.9. The third-order valence-electron chi connectivity index (χ3n) is 2.58. The summed E-state index contributed by atoms with van der Waals surface area (Å²) in [5.41, 5.74) is 0.962. The van der Waals surface area contributed by atoms with Gasteiger partial charge in [-0.15, -0.1) is 0 Å². The Balaban J connectivity index is 3.15. The minimum Gasteiger partial charge on any atom is -0.495 e. The zero-order valence-corrected chi connectivity index (χ0v) is 11.5. The number of sulfonamides is 1. The van der Waals surface area contributed by atoms with Crippen molar-refractivity contribution in [1.29, 1.82) is 0 Å². The van der Waals surface area contributed by atoms with Crippen LogP contribution in [0.15, 0.2) is 23.1 Å². The second-order valence-electron chi connectivity index (χ2n) is 4.08. The molecule has 1 aromatic carbocycles. The normalized spacial score (nSPS) is 13.4. The lowest BCUT2D eigenvalue weighted by atomic mass is 10.2. The molecule has 96 valence electrons. The molecule has 4 nitrogen and oxygen atoms in total. The first-order chi connectivity index (χ1) is 7.90. The van der Waals surface area contributed by atoms with Gasteiger partial charge in [-0.1, -0.05) is 13.0 Å². The molecular formula is C12H19NO3S. The van der Waals surface area contributed by atoms with Gasteiger partial charge in [0.25, 0.3) is 0 Å². The fourth-order valence-electron chi connectivity index (χ4n) is 1.41. The smallest absolute Gasteiger partial charge is 0.244 e. The van der Waals surface area contributed by atoms with Crippen LogP contribution in [-0.2, 0) is 10.0 Å². The van der Waals surface area contributed by atoms with Crippen molar-refractivity contribution in [1.82, 2.24) is 4.72 Å². The molecule has 1 atom stereocenters. The summed E-state index contributed by atoms with van der Waals surface area (Å²) in [4.78, 5) is 0.186. The van der Waals surface area contributed by atoms with Crippen LogP contribution >= 0.6 is 0 Å². The van der Waals surface area contributed by atoms with E-state index in [0.29, 0.717) is 5.75 Å². The molecule has 0 heterocycles. The number of methoxy groups -OCH3 is 1. The van der Waals surface area contributed by atoms with Crippen LogP contribution in [0.25, 0.3) is 0 Å². The molecule has 0 bridgehead atoms. The second-order valence-corrected chi connectivity index (χ2v) is 5.77. The predicted molar refractivity (Wildman–Crippen MR) is 67.8 cm³/mol. The Morgan fingerprint density at radius 3 is 2.59 bits per heavy atom. The first-order valence-electron chi connectivity index (χ1n) is 5.57. The van der Waals surface area contributed by atoms with E-state index in [1.807, 2.05) is 20.8 Å². The highest BCUT2D eigenvalue weighted by Gasteiger charge is 2.20. The Bertz CT molecular complexity index is 483. The molecule has 0 aliphatic carbocycles. The molecule has 0 radical (unpaired) electrons. The van der Waals surface area contributed by atoms with Crippen molar-refractivity contribution >= 4 is 10.0 Å². The van der Waals surface area contributed by atoms with E-state index in [0.717, 1.165) is 12.0 Å². The monoisotopic (exact) mass is 257 g/mol. The van der Waals surface area contributed by atoms with Gasteiger partial charge >= 0.3 is 0 Å². The summed E-state index contributed by atoms with van der Waals surface area (Å²) >= 11 is 0. The Morgan fingerprint density at radius 1 is 1.41 bits per heavy atom. The maximum absolute atomic E-state index is 12.1. The molecule has 0 saturated carbocycles. The molecule has 5 heteroatoms. The number of ether oxygens (including phenoxy) is 1. The summed E-state index contributed by atoms with van der Waals surface area (Å²) in [6, 6.07) is 4.95. The number of benzene rings is 1. The van der Waals surface area contributed by atoms with E-state index in [9.17, 15) is 8.42 Å². The van der Waals surface area contributed by atoms with E-state index in [2.05, 4.69) is 4.72 Å². The third kappa shape index (κ3) is 3.44. The zero-order chi connectivity index (χ0) is 13.1. The van der Waals surface area contributed by atoms with Crippen molar-refractivity contribution < 1.29 is 13.2 Å². The molecule has 17 heavy (non-hydrogen) atoms. The highest BCUT2D eigenvalue weighted by Crippen LogP contribution is 2.24. The van der Waals surface area contributed by atoms with Gasteiger partial charge in [0, 0.05) is 6.04 Å². The van der Waals surface area contributed by atoms with Gasteiger partial charge in [0.2, 0.25) is 10.0 Å². The summed E-state index contributed by atoms with van der Waals surface area (Å²) in [7, 11) is -2.04. The van der Waals surface area contributed by atoms with Gasteiger partial charge in [0.05, 0.1) is 7.11 Å². The van der Waals surface area contributed by atoms with Gasteiger partial charge in [0.1, 0.15) is 10.6 Å². The lowest BCUT2D eigenvalue weighted by Gasteiger charge is -2.14. The van der Waals surface area contributed by atoms with Gasteiger partial charge < -0.3 is 4.74 Å². The SMILES string of the molecule is CC[C@H](C)NS(=O)(=O)c1ccc(C)cc1OC. The van der Waals surface area contributed by atoms with Crippen molar-refractivity contribution in [3.8, 4) is 5.75 Å². The number of hydrogen-bond acceptors (Lipinski definition) is 3. The molecule has 0 amide bonds. The minimum absolute atomic E-state index is 0.0917. The zero-order valence-electron chi connectivity index (χ0n) is 10.6. The highest BCUT2D eigenvalue weighted by molar-refractivity contribution is 7.89. The summed E-state index contributed by atoms with van der Waals surface area (Å²) in [6.07, 6.45) is 0.743. The van der Waals surface area contributed by atoms with Crippen molar-refractivity contribution in [3.63, 3.8) is 0 Å². The van der Waals surface area contributed by atoms with E-state index < -0.39 is 10.0 Å². The van der Waals surface area contributed by atoms with Crippen molar-refractivity contribution in [2.75, 3.05) is 7.11 Å². The first-order valence-corrected chi connectivity index (χ1v) is 7.06. The number of nitrogens with one attached hydrogen (secondary N) is 1. The van der Waals surface area contributed by atoms with Crippen molar-refractivity contribution in [3.05, 3.63) is 23.8 Å². The molecule has 1 N–H and O–H groups in total. The first kappa shape index (κ1) is 14.0. The predicted octanol–water partition coefficient (Wildman–Crippen LogP) is 2.08. The number of rotatable bonds is 5. The van der Waals surface area contributed by atoms with E-state index in [1.165, 1.54) is 7.11 Å². The van der Waals surface area contributed by atoms with Crippen LogP contribution in [0.4, 0.5) is 0 Å². The summed E-state index contributed by atoms with van der Waals surface area (Å²) in [5.74, 6) is 0.376. The minimum atomic E-state index is -3.51. The maximum Gasteiger partial charge on any atom is 0.244 e. The fraction of sp³-hybridized carbons (Fsp3) is 0.500. The highest BCUT2D eigenvalue weighted by atomic mass is 32.2. The van der Waals surface area contributed by atoms with Gasteiger partial charge in [-0.3, -0.25) is 0 Å². The lowest BCUT2D eigenvalue weighted by molar-refractivity contribution is 0.401. The maximum atomic E-state index is 12.1. The van der Waals surface area contributed by atoms with E-state index >= 15 is 0 Å². The fourth-order valence-corrected chi connectivity index (χ4v) is 2.89. The number of aryl methyl sites for hydroxylation is 1. The van der Waals surface area contributed by atoms with Gasteiger partial charge in [-0.05, 0) is 38.0 Å². The Morgan fingerprint density at radius 2 is 2.06 bits per heavy atom. The van der Waals surface area contributed by atoms with Crippen LogP contribution < -0.4 is 9.46 Å². The lowest BCUT2D eigenvalue weighted by Crippen LogP contribution is -2.32. The largest absolute Gasteiger partial charge is 0.495 e. The average molecular weight is 257 g/mol. The van der Waals surface area contributed by atoms with Crippen molar-refractivity contribution in [2.24, 2.45) is 0 Å². The van der Waals surface area contributed by atoms with Gasteiger partial charge in [-0.2, -0.15) is 0 Å². The molecule has 1 rings (SSSR count). The molecule has 0 spiro atoms. The molecule has 0 saturated heterocycles. The topological polar surface area (TPSA) is 55.4 Å². The van der Waals surface area contributed by atoms with E-state index in [-0.39, 0.29) is 10.9 Å². The quantitative estimate of drug-likeness (QED) is 0.878. The number of hydrogen-bond donors (Lipinski definition) is 1. The molecule has 0 fully saturated rings. The molecule has 1 aromatic rings. The van der Waals surface area contributed by atoms with Crippen molar-refractivity contribution in [2.45, 2.75) is 38.1 Å². The van der Waals surface area contributed by atoms with Crippen LogP contribution in [-0.4, -0.2) is 21.6 Å². The van der Waals surface area contributed by atoms with E-state index in [1.54, 1.807) is 18.2 Å². The standard InChI is InChI=1S/C12H19NO3S/c1-5-10(3)13-17(14,15)12-7-6-9(2)8-11(12)16-4/h6-8,10,13H,5H2,1-4H3/t10-/m0/s1. The second kappa shape index (κ2) is 5.51. The van der Waals surface area contributed by atoms with E-state index in [4.69, 9.17) is 4.74 Å². The average Bonchev–Trinajstić information content (AvgIpc) is 2.27. The molecule has 0 unspecified atom stereocenters. The third-order valence-corrected chi connectivity index (χ3v) is 4.21. The molecule has 0 aliphatic heterocycles.